The van der Waals surface area contributed by atoms with Crippen LogP contribution in [0.4, 0.5) is 0 Å². The van der Waals surface area contributed by atoms with E-state index in [1.807, 2.05) is 24.3 Å². The van der Waals surface area contributed by atoms with Crippen LogP contribution in [0, 0.1) is 5.92 Å². The summed E-state index contributed by atoms with van der Waals surface area (Å²) in [4.78, 5) is 0. The first-order chi connectivity index (χ1) is 9.72. The van der Waals surface area contributed by atoms with Gasteiger partial charge in [0, 0.05) is 26.2 Å². The Morgan fingerprint density at radius 3 is 2.30 bits per heavy atom. The van der Waals surface area contributed by atoms with Gasteiger partial charge >= 0.3 is 0 Å². The fourth-order valence-electron chi connectivity index (χ4n) is 1.61. The minimum atomic E-state index is 0.563. The van der Waals surface area contributed by atoms with Crippen molar-refractivity contribution in [3.05, 3.63) is 29.8 Å². The van der Waals surface area contributed by atoms with E-state index in [9.17, 15) is 0 Å². The maximum absolute atomic E-state index is 5.61. The quantitative estimate of drug-likeness (QED) is 0.633. The first-order valence-corrected chi connectivity index (χ1v) is 7.29. The van der Waals surface area contributed by atoms with E-state index in [1.54, 1.807) is 0 Å². The molecular weight excluding hydrogens is 254 g/mol. The Hall–Kier alpha value is -1.10. The van der Waals surface area contributed by atoms with Crippen LogP contribution in [0.15, 0.2) is 24.3 Å². The molecule has 114 valence electrons. The van der Waals surface area contributed by atoms with Crippen LogP contribution in [0.1, 0.15) is 25.8 Å². The van der Waals surface area contributed by atoms with Crippen LogP contribution in [-0.4, -0.2) is 33.0 Å². The van der Waals surface area contributed by atoms with E-state index in [4.69, 9.17) is 19.9 Å². The van der Waals surface area contributed by atoms with Gasteiger partial charge in [-0.15, -0.1) is 0 Å². The lowest BCUT2D eigenvalue weighted by Crippen LogP contribution is -2.10. The van der Waals surface area contributed by atoms with Crippen molar-refractivity contribution in [2.75, 3.05) is 33.0 Å². The normalized spacial score (nSPS) is 11.0. The summed E-state index contributed by atoms with van der Waals surface area (Å²) in [6.07, 6.45) is 0.878. The highest BCUT2D eigenvalue weighted by atomic mass is 16.5. The van der Waals surface area contributed by atoms with Crippen molar-refractivity contribution in [3.8, 4) is 5.75 Å². The standard InChI is InChI=1S/C16H27NO3/c1-14(2)13-19-11-10-18-8-3-9-20-16-6-4-15(12-17)5-7-16/h4-7,14H,3,8-13,17H2,1-2H3. The third-order valence-electron chi connectivity index (χ3n) is 2.68. The zero-order valence-corrected chi connectivity index (χ0v) is 12.6. The van der Waals surface area contributed by atoms with E-state index in [-0.39, 0.29) is 0 Å². The molecule has 0 bridgehead atoms. The van der Waals surface area contributed by atoms with Crippen LogP contribution < -0.4 is 10.5 Å². The molecule has 4 heteroatoms. The molecule has 0 unspecified atom stereocenters. The van der Waals surface area contributed by atoms with Gasteiger partial charge in [0.2, 0.25) is 0 Å². The molecule has 0 spiro atoms. The van der Waals surface area contributed by atoms with Gasteiger partial charge in [-0.25, -0.2) is 0 Å². The predicted molar refractivity (Wildman–Crippen MR) is 80.9 cm³/mol. The second-order valence-corrected chi connectivity index (χ2v) is 5.13. The van der Waals surface area contributed by atoms with Gasteiger partial charge in [-0.05, 0) is 23.6 Å². The lowest BCUT2D eigenvalue weighted by Gasteiger charge is -2.08. The van der Waals surface area contributed by atoms with E-state index >= 15 is 0 Å². The molecule has 0 aromatic heterocycles. The average molecular weight is 281 g/mol. The highest BCUT2D eigenvalue weighted by molar-refractivity contribution is 5.26. The van der Waals surface area contributed by atoms with E-state index in [2.05, 4.69) is 13.8 Å². The number of ether oxygens (including phenoxy) is 3. The maximum atomic E-state index is 5.61. The molecule has 0 radical (unpaired) electrons. The predicted octanol–water partition coefficient (Wildman–Crippen LogP) is 2.60. The molecule has 20 heavy (non-hydrogen) atoms. The Bertz CT molecular complexity index is 338. The summed E-state index contributed by atoms with van der Waals surface area (Å²) in [5, 5.41) is 0. The first kappa shape index (κ1) is 17.0. The molecule has 1 aromatic rings. The molecule has 0 atom stereocenters. The lowest BCUT2D eigenvalue weighted by molar-refractivity contribution is 0.0343. The Labute approximate surface area is 122 Å². The number of rotatable bonds is 11. The van der Waals surface area contributed by atoms with Gasteiger partial charge in [-0.3, -0.25) is 0 Å². The Morgan fingerprint density at radius 1 is 0.950 bits per heavy atom. The Morgan fingerprint density at radius 2 is 1.65 bits per heavy atom. The van der Waals surface area contributed by atoms with Crippen molar-refractivity contribution in [3.63, 3.8) is 0 Å². The van der Waals surface area contributed by atoms with Gasteiger partial charge < -0.3 is 19.9 Å². The monoisotopic (exact) mass is 281 g/mol. The molecule has 0 aliphatic carbocycles. The van der Waals surface area contributed by atoms with Crippen LogP contribution in [0.2, 0.25) is 0 Å². The molecule has 0 aliphatic heterocycles. The van der Waals surface area contributed by atoms with Crippen LogP contribution in [0.3, 0.4) is 0 Å². The van der Waals surface area contributed by atoms with Crippen molar-refractivity contribution in [2.45, 2.75) is 26.8 Å². The third-order valence-corrected chi connectivity index (χ3v) is 2.68. The van der Waals surface area contributed by atoms with Crippen molar-refractivity contribution >= 4 is 0 Å². The second kappa shape index (κ2) is 10.7. The summed E-state index contributed by atoms with van der Waals surface area (Å²) in [5.74, 6) is 1.46. The smallest absolute Gasteiger partial charge is 0.119 e. The summed E-state index contributed by atoms with van der Waals surface area (Å²) in [6, 6.07) is 7.86. The second-order valence-electron chi connectivity index (χ2n) is 5.13. The summed E-state index contributed by atoms with van der Waals surface area (Å²) >= 11 is 0. The number of hydrogen-bond donors (Lipinski definition) is 1. The average Bonchev–Trinajstić information content (AvgIpc) is 2.46. The van der Waals surface area contributed by atoms with Gasteiger partial charge in [-0.2, -0.15) is 0 Å². The van der Waals surface area contributed by atoms with Crippen molar-refractivity contribution in [1.29, 1.82) is 0 Å². The summed E-state index contributed by atoms with van der Waals surface area (Å²) in [5.41, 5.74) is 6.65. The molecule has 0 saturated carbocycles. The zero-order chi connectivity index (χ0) is 14.6. The SMILES string of the molecule is CC(C)COCCOCCCOc1ccc(CN)cc1. The van der Waals surface area contributed by atoms with Crippen LogP contribution >= 0.6 is 0 Å². The number of nitrogens with two attached hydrogens (primary N) is 1. The zero-order valence-electron chi connectivity index (χ0n) is 12.6. The summed E-state index contributed by atoms with van der Waals surface area (Å²) in [7, 11) is 0. The molecule has 2 N–H and O–H groups in total. The molecule has 0 fully saturated rings. The molecule has 0 aliphatic rings. The third kappa shape index (κ3) is 8.15. The van der Waals surface area contributed by atoms with Crippen LogP contribution in [0.5, 0.6) is 5.75 Å². The lowest BCUT2D eigenvalue weighted by atomic mass is 10.2. The molecule has 0 saturated heterocycles. The number of hydrogen-bond acceptors (Lipinski definition) is 4. The van der Waals surface area contributed by atoms with Crippen molar-refractivity contribution in [2.24, 2.45) is 11.7 Å². The largest absolute Gasteiger partial charge is 0.494 e. The van der Waals surface area contributed by atoms with Gasteiger partial charge in [0.1, 0.15) is 5.75 Å². The van der Waals surface area contributed by atoms with Gasteiger partial charge in [0.15, 0.2) is 0 Å². The fourth-order valence-corrected chi connectivity index (χ4v) is 1.61. The van der Waals surface area contributed by atoms with E-state index in [0.717, 1.165) is 24.3 Å². The van der Waals surface area contributed by atoms with Crippen LogP contribution in [0.25, 0.3) is 0 Å². The Kier molecular flexibility index (Phi) is 9.04. The van der Waals surface area contributed by atoms with E-state index in [1.165, 1.54) is 0 Å². The van der Waals surface area contributed by atoms with Gasteiger partial charge in [0.25, 0.3) is 0 Å². The first-order valence-electron chi connectivity index (χ1n) is 7.29. The highest BCUT2D eigenvalue weighted by Gasteiger charge is 1.96. The highest BCUT2D eigenvalue weighted by Crippen LogP contribution is 2.11. The molecule has 1 rings (SSSR count). The summed E-state index contributed by atoms with van der Waals surface area (Å²) in [6.45, 7) is 8.31. The Balaban J connectivity index is 1.94. The van der Waals surface area contributed by atoms with Crippen LogP contribution in [-0.2, 0) is 16.0 Å². The number of benzene rings is 1. The summed E-state index contributed by atoms with van der Waals surface area (Å²) < 4.78 is 16.5. The van der Waals surface area contributed by atoms with Crippen molar-refractivity contribution < 1.29 is 14.2 Å². The van der Waals surface area contributed by atoms with Crippen molar-refractivity contribution in [1.82, 2.24) is 0 Å². The molecular formula is C16H27NO3. The van der Waals surface area contributed by atoms with Gasteiger partial charge in [-0.1, -0.05) is 26.0 Å². The van der Waals surface area contributed by atoms with E-state index in [0.29, 0.717) is 38.9 Å². The van der Waals surface area contributed by atoms with E-state index < -0.39 is 0 Å². The fraction of sp³-hybridized carbons (Fsp3) is 0.625. The molecule has 4 nitrogen and oxygen atoms in total. The molecule has 0 heterocycles. The minimum absolute atomic E-state index is 0.563. The minimum Gasteiger partial charge on any atom is -0.494 e. The topological polar surface area (TPSA) is 53.7 Å². The maximum Gasteiger partial charge on any atom is 0.119 e. The molecule has 1 aromatic carbocycles. The van der Waals surface area contributed by atoms with Gasteiger partial charge in [0.05, 0.1) is 19.8 Å². The molecule has 0 amide bonds.